The molecule has 120 valence electrons. The van der Waals surface area contributed by atoms with Gasteiger partial charge in [0, 0.05) is 32.0 Å². The topological polar surface area (TPSA) is 81.9 Å². The standard InChI is InChI=1S/C14H16ClFN2O4/c15-11-2-1-10(7-12(11)16)21-8-13(19)18-5-3-9(4-6-18)22-14(17)20/h1-2,7,9H,3-6,8H2,(H2,17,20). The van der Waals surface area contributed by atoms with E-state index in [2.05, 4.69) is 0 Å². The Morgan fingerprint density at radius 2 is 2.05 bits per heavy atom. The van der Waals surface area contributed by atoms with Gasteiger partial charge in [0.05, 0.1) is 5.02 Å². The highest BCUT2D eigenvalue weighted by Gasteiger charge is 2.24. The quantitative estimate of drug-likeness (QED) is 0.914. The average Bonchev–Trinajstić information content (AvgIpc) is 2.48. The van der Waals surface area contributed by atoms with Gasteiger partial charge >= 0.3 is 6.09 Å². The van der Waals surface area contributed by atoms with Crippen LogP contribution in [0.1, 0.15) is 12.8 Å². The molecule has 1 aliphatic heterocycles. The summed E-state index contributed by atoms with van der Waals surface area (Å²) in [5.41, 5.74) is 4.95. The van der Waals surface area contributed by atoms with Crippen LogP contribution in [0, 0.1) is 5.82 Å². The van der Waals surface area contributed by atoms with Gasteiger partial charge in [0.25, 0.3) is 5.91 Å². The second-order valence-corrected chi connectivity index (χ2v) is 5.29. The number of likely N-dealkylation sites (tertiary alicyclic amines) is 1. The highest BCUT2D eigenvalue weighted by Crippen LogP contribution is 2.20. The minimum atomic E-state index is -0.808. The third-order valence-electron chi connectivity index (χ3n) is 3.33. The summed E-state index contributed by atoms with van der Waals surface area (Å²) in [6, 6.07) is 3.98. The Morgan fingerprint density at radius 3 is 2.64 bits per heavy atom. The fourth-order valence-corrected chi connectivity index (χ4v) is 2.31. The first-order valence-corrected chi connectivity index (χ1v) is 7.15. The number of nitrogens with zero attached hydrogens (tertiary/aromatic N) is 1. The molecule has 0 unspecified atom stereocenters. The molecule has 1 saturated heterocycles. The second-order valence-electron chi connectivity index (χ2n) is 4.88. The average molecular weight is 331 g/mol. The summed E-state index contributed by atoms with van der Waals surface area (Å²) in [5, 5.41) is -0.00444. The summed E-state index contributed by atoms with van der Waals surface area (Å²) in [5.74, 6) is -0.578. The first-order valence-electron chi connectivity index (χ1n) is 6.77. The number of ether oxygens (including phenoxy) is 2. The molecule has 0 aliphatic carbocycles. The first-order chi connectivity index (χ1) is 10.5. The molecule has 2 rings (SSSR count). The third-order valence-corrected chi connectivity index (χ3v) is 3.64. The van der Waals surface area contributed by atoms with Crippen molar-refractivity contribution >= 4 is 23.6 Å². The highest BCUT2D eigenvalue weighted by atomic mass is 35.5. The van der Waals surface area contributed by atoms with E-state index < -0.39 is 11.9 Å². The van der Waals surface area contributed by atoms with Crippen LogP contribution in [0.3, 0.4) is 0 Å². The first kappa shape index (κ1) is 16.4. The molecule has 0 spiro atoms. The van der Waals surface area contributed by atoms with Gasteiger partial charge in [0.1, 0.15) is 17.7 Å². The van der Waals surface area contributed by atoms with Crippen molar-refractivity contribution in [3.8, 4) is 5.75 Å². The van der Waals surface area contributed by atoms with Gasteiger partial charge in [-0.05, 0) is 12.1 Å². The monoisotopic (exact) mass is 330 g/mol. The molecule has 1 fully saturated rings. The van der Waals surface area contributed by atoms with Gasteiger partial charge in [0.15, 0.2) is 6.61 Å². The van der Waals surface area contributed by atoms with E-state index in [-0.39, 0.29) is 29.4 Å². The van der Waals surface area contributed by atoms with Crippen LogP contribution >= 0.6 is 11.6 Å². The molecular weight excluding hydrogens is 315 g/mol. The van der Waals surface area contributed by atoms with Gasteiger partial charge in [0.2, 0.25) is 0 Å². The third kappa shape index (κ3) is 4.49. The van der Waals surface area contributed by atoms with Crippen LogP contribution in [-0.4, -0.2) is 42.7 Å². The number of hydrogen-bond acceptors (Lipinski definition) is 4. The summed E-state index contributed by atoms with van der Waals surface area (Å²) >= 11 is 5.56. The highest BCUT2D eigenvalue weighted by molar-refractivity contribution is 6.30. The molecular formula is C14H16ClFN2O4. The van der Waals surface area contributed by atoms with Crippen LogP contribution < -0.4 is 10.5 Å². The van der Waals surface area contributed by atoms with E-state index in [0.29, 0.717) is 25.9 Å². The van der Waals surface area contributed by atoms with Crippen molar-refractivity contribution in [2.45, 2.75) is 18.9 Å². The summed E-state index contributed by atoms with van der Waals surface area (Å²) in [6.07, 6.45) is -0.000168. The van der Waals surface area contributed by atoms with Crippen LogP contribution in [0.2, 0.25) is 5.02 Å². The van der Waals surface area contributed by atoms with Gasteiger partial charge < -0.3 is 20.1 Å². The van der Waals surface area contributed by atoms with Crippen LogP contribution in [0.25, 0.3) is 0 Å². The molecule has 1 aromatic carbocycles. The number of primary amides is 1. The summed E-state index contributed by atoms with van der Waals surface area (Å²) < 4.78 is 23.4. The molecule has 0 radical (unpaired) electrons. The number of amides is 2. The van der Waals surface area contributed by atoms with Crippen LogP contribution in [0.5, 0.6) is 5.75 Å². The van der Waals surface area contributed by atoms with Gasteiger partial charge in [-0.1, -0.05) is 11.6 Å². The Morgan fingerprint density at radius 1 is 1.36 bits per heavy atom. The maximum absolute atomic E-state index is 13.2. The van der Waals surface area contributed by atoms with E-state index in [4.69, 9.17) is 26.8 Å². The maximum atomic E-state index is 13.2. The van der Waals surface area contributed by atoms with Crippen molar-refractivity contribution in [2.75, 3.05) is 19.7 Å². The van der Waals surface area contributed by atoms with Crippen LogP contribution in [0.4, 0.5) is 9.18 Å². The van der Waals surface area contributed by atoms with Crippen LogP contribution in [0.15, 0.2) is 18.2 Å². The van der Waals surface area contributed by atoms with E-state index in [9.17, 15) is 14.0 Å². The number of halogens is 2. The molecule has 0 aromatic heterocycles. The predicted octanol–water partition coefficient (Wildman–Crippen LogP) is 1.94. The van der Waals surface area contributed by atoms with E-state index >= 15 is 0 Å². The zero-order valence-corrected chi connectivity index (χ0v) is 12.5. The lowest BCUT2D eigenvalue weighted by Crippen LogP contribution is -2.43. The molecule has 1 heterocycles. The van der Waals surface area contributed by atoms with E-state index in [1.165, 1.54) is 12.1 Å². The smallest absolute Gasteiger partial charge is 0.404 e. The summed E-state index contributed by atoms with van der Waals surface area (Å²) in [4.78, 5) is 24.3. The van der Waals surface area contributed by atoms with E-state index in [1.807, 2.05) is 0 Å². The number of nitrogens with two attached hydrogens (primary N) is 1. The van der Waals surface area contributed by atoms with Crippen molar-refractivity contribution in [1.82, 2.24) is 4.90 Å². The number of carbonyl (C=O) groups excluding carboxylic acids is 2. The van der Waals surface area contributed by atoms with Crippen LogP contribution in [-0.2, 0) is 9.53 Å². The molecule has 2 amide bonds. The Hall–Kier alpha value is -2.02. The molecule has 22 heavy (non-hydrogen) atoms. The van der Waals surface area contributed by atoms with E-state index in [0.717, 1.165) is 6.07 Å². The summed E-state index contributed by atoms with van der Waals surface area (Å²) in [6.45, 7) is 0.715. The van der Waals surface area contributed by atoms with Gasteiger partial charge in [-0.3, -0.25) is 4.79 Å². The minimum absolute atomic E-state index is 0.00444. The number of hydrogen-bond donors (Lipinski definition) is 1. The maximum Gasteiger partial charge on any atom is 0.404 e. The number of piperidine rings is 1. The van der Waals surface area contributed by atoms with E-state index in [1.54, 1.807) is 4.90 Å². The Labute approximate surface area is 131 Å². The molecule has 0 atom stereocenters. The Bertz CT molecular complexity index is 562. The Kier molecular flexibility index (Phi) is 5.43. The molecule has 6 nitrogen and oxygen atoms in total. The van der Waals surface area contributed by atoms with Crippen molar-refractivity contribution in [3.05, 3.63) is 29.0 Å². The van der Waals surface area contributed by atoms with Crippen molar-refractivity contribution in [2.24, 2.45) is 5.73 Å². The van der Waals surface area contributed by atoms with Gasteiger partial charge in [-0.25, -0.2) is 9.18 Å². The van der Waals surface area contributed by atoms with Crippen molar-refractivity contribution in [3.63, 3.8) is 0 Å². The largest absolute Gasteiger partial charge is 0.484 e. The van der Waals surface area contributed by atoms with Gasteiger partial charge in [-0.2, -0.15) is 0 Å². The molecule has 0 saturated carbocycles. The number of benzene rings is 1. The van der Waals surface area contributed by atoms with Gasteiger partial charge in [-0.15, -0.1) is 0 Å². The normalized spacial score (nSPS) is 15.5. The molecule has 0 bridgehead atoms. The SMILES string of the molecule is NC(=O)OC1CCN(C(=O)COc2ccc(Cl)c(F)c2)CC1. The molecule has 1 aromatic rings. The lowest BCUT2D eigenvalue weighted by molar-refractivity contribution is -0.135. The fraction of sp³-hybridized carbons (Fsp3) is 0.429. The Balaban J connectivity index is 1.78. The lowest BCUT2D eigenvalue weighted by atomic mass is 10.1. The molecule has 1 aliphatic rings. The number of carbonyl (C=O) groups is 2. The zero-order chi connectivity index (χ0) is 16.1. The number of rotatable bonds is 4. The fourth-order valence-electron chi connectivity index (χ4n) is 2.19. The predicted molar refractivity (Wildman–Crippen MR) is 77.2 cm³/mol. The molecule has 8 heteroatoms. The van der Waals surface area contributed by atoms with Crippen molar-refractivity contribution < 1.29 is 23.5 Å². The molecule has 2 N–H and O–H groups in total. The minimum Gasteiger partial charge on any atom is -0.484 e. The zero-order valence-electron chi connectivity index (χ0n) is 11.8. The van der Waals surface area contributed by atoms with Crippen molar-refractivity contribution in [1.29, 1.82) is 0 Å². The lowest BCUT2D eigenvalue weighted by Gasteiger charge is -2.31. The summed E-state index contributed by atoms with van der Waals surface area (Å²) in [7, 11) is 0. The second kappa shape index (κ2) is 7.31.